The molecule has 0 unspecified atom stereocenters. The Labute approximate surface area is 73.4 Å². The fourth-order valence-corrected chi connectivity index (χ4v) is 0.471. The van der Waals surface area contributed by atoms with Crippen LogP contribution in [0.5, 0.6) is 0 Å². The van der Waals surface area contributed by atoms with Crippen LogP contribution in [0.2, 0.25) is 5.02 Å². The summed E-state index contributed by atoms with van der Waals surface area (Å²) in [7, 11) is 0. The molecule has 0 saturated heterocycles. The van der Waals surface area contributed by atoms with Crippen LogP contribution in [0.3, 0.4) is 0 Å². The molecule has 0 bridgehead atoms. The Morgan fingerprint density at radius 3 is 2.09 bits per heavy atom. The van der Waals surface area contributed by atoms with Crippen molar-refractivity contribution in [2.45, 2.75) is 20.8 Å². The van der Waals surface area contributed by atoms with Gasteiger partial charge in [0.05, 0.1) is 5.02 Å². The summed E-state index contributed by atoms with van der Waals surface area (Å²) in [6.45, 7) is 6.50. The van der Waals surface area contributed by atoms with Crippen LogP contribution < -0.4 is 0 Å². The van der Waals surface area contributed by atoms with Crippen molar-refractivity contribution in [3.8, 4) is 0 Å². The van der Waals surface area contributed by atoms with Gasteiger partial charge in [-0.25, -0.2) is 0 Å². The van der Waals surface area contributed by atoms with Crippen molar-refractivity contribution in [2.24, 2.45) is 5.92 Å². The van der Waals surface area contributed by atoms with Crippen LogP contribution in [0, 0.1) is 5.92 Å². The highest BCUT2D eigenvalue weighted by Crippen LogP contribution is 2.00. The van der Waals surface area contributed by atoms with Crippen molar-refractivity contribution in [3.05, 3.63) is 29.5 Å². The van der Waals surface area contributed by atoms with Gasteiger partial charge in [0.2, 0.25) is 0 Å². The Morgan fingerprint density at radius 1 is 1.36 bits per heavy atom. The Morgan fingerprint density at radius 2 is 1.91 bits per heavy atom. The maximum absolute atomic E-state index is 5.48. The number of aromatic nitrogens is 1. The van der Waals surface area contributed by atoms with Crippen LogP contribution in [0.1, 0.15) is 20.8 Å². The van der Waals surface area contributed by atoms with Crippen LogP contribution in [0.4, 0.5) is 0 Å². The lowest BCUT2D eigenvalue weighted by Gasteiger charge is -1.79. The number of nitrogens with zero attached hydrogens (tertiary/aromatic N) is 1. The molecule has 0 saturated carbocycles. The molecule has 62 valence electrons. The highest BCUT2D eigenvalue weighted by atomic mass is 35.5. The lowest BCUT2D eigenvalue weighted by Crippen LogP contribution is -1.66. The number of pyridine rings is 1. The predicted octanol–water partition coefficient (Wildman–Crippen LogP) is 3.40. The smallest absolute Gasteiger partial charge is 0.0589 e. The molecule has 2 heteroatoms. The molecule has 1 aromatic rings. The molecular weight excluding hydrogens is 158 g/mol. The van der Waals surface area contributed by atoms with E-state index in [2.05, 4.69) is 25.8 Å². The number of halogens is 1. The molecule has 1 aromatic heterocycles. The highest BCUT2D eigenvalue weighted by molar-refractivity contribution is 6.30. The van der Waals surface area contributed by atoms with Gasteiger partial charge in [0.25, 0.3) is 0 Å². The Balaban J connectivity index is 0.000000218. The van der Waals surface area contributed by atoms with Crippen LogP contribution in [-0.2, 0) is 0 Å². The Kier molecular flexibility index (Phi) is 5.86. The molecule has 1 nitrogen and oxygen atoms in total. The van der Waals surface area contributed by atoms with Gasteiger partial charge in [0.15, 0.2) is 0 Å². The van der Waals surface area contributed by atoms with E-state index in [4.69, 9.17) is 11.6 Å². The molecule has 1 heterocycles. The lowest BCUT2D eigenvalue weighted by molar-refractivity contribution is 0.737. The van der Waals surface area contributed by atoms with Crippen molar-refractivity contribution in [3.63, 3.8) is 0 Å². The van der Waals surface area contributed by atoms with E-state index in [0.29, 0.717) is 5.02 Å². The van der Waals surface area contributed by atoms with Crippen molar-refractivity contribution in [1.29, 1.82) is 0 Å². The van der Waals surface area contributed by atoms with Gasteiger partial charge >= 0.3 is 0 Å². The molecule has 0 atom stereocenters. The first kappa shape index (κ1) is 10.4. The molecule has 0 aliphatic heterocycles. The van der Waals surface area contributed by atoms with Crippen molar-refractivity contribution < 1.29 is 0 Å². The van der Waals surface area contributed by atoms with Gasteiger partial charge in [-0.2, -0.15) is 0 Å². The largest absolute Gasteiger partial charge is 0.263 e. The third kappa shape index (κ3) is 9.44. The van der Waals surface area contributed by atoms with Gasteiger partial charge in [-0.05, 0) is 18.1 Å². The maximum atomic E-state index is 5.48. The van der Waals surface area contributed by atoms with Gasteiger partial charge in [0.1, 0.15) is 0 Å². The zero-order chi connectivity index (χ0) is 8.69. The molecule has 0 N–H and O–H groups in total. The minimum absolute atomic E-state index is 0.683. The van der Waals surface area contributed by atoms with E-state index in [1.807, 2.05) is 0 Å². The van der Waals surface area contributed by atoms with Gasteiger partial charge in [-0.15, -0.1) is 0 Å². The summed E-state index contributed by atoms with van der Waals surface area (Å²) in [4.78, 5) is 3.75. The fourth-order valence-electron chi connectivity index (χ4n) is 0.342. The standard InChI is InChI=1S/C5H4ClN.C4H10/c6-5-2-1-3-7-4-5;1-4(2)3/h1-4H;4H,1-3H3. The van der Waals surface area contributed by atoms with Crippen LogP contribution >= 0.6 is 11.6 Å². The molecule has 0 radical (unpaired) electrons. The summed E-state index contributed by atoms with van der Waals surface area (Å²) in [6.07, 6.45) is 3.29. The second-order valence-electron chi connectivity index (χ2n) is 2.90. The summed E-state index contributed by atoms with van der Waals surface area (Å²) >= 11 is 5.48. The Hall–Kier alpha value is -0.560. The number of hydrogen-bond acceptors (Lipinski definition) is 1. The van der Waals surface area contributed by atoms with E-state index in [0.717, 1.165) is 5.92 Å². The SMILES string of the molecule is CC(C)C.Clc1cccnc1. The minimum atomic E-state index is 0.683. The first-order valence-corrected chi connectivity index (χ1v) is 4.06. The first-order chi connectivity index (χ1) is 5.13. The third-order valence-corrected chi connectivity index (χ3v) is 0.849. The summed E-state index contributed by atoms with van der Waals surface area (Å²) in [6, 6.07) is 3.58. The summed E-state index contributed by atoms with van der Waals surface area (Å²) in [5, 5.41) is 0.683. The first-order valence-electron chi connectivity index (χ1n) is 3.68. The number of hydrogen-bond donors (Lipinski definition) is 0. The fraction of sp³-hybridized carbons (Fsp3) is 0.444. The zero-order valence-electron chi connectivity index (χ0n) is 7.21. The molecule has 0 amide bonds. The van der Waals surface area contributed by atoms with E-state index < -0.39 is 0 Å². The van der Waals surface area contributed by atoms with Gasteiger partial charge in [-0.3, -0.25) is 4.98 Å². The second-order valence-corrected chi connectivity index (χ2v) is 3.34. The molecular formula is C9H14ClN. The molecule has 0 spiro atoms. The normalized spacial score (nSPS) is 8.82. The molecule has 0 aliphatic carbocycles. The third-order valence-electron chi connectivity index (χ3n) is 0.625. The van der Waals surface area contributed by atoms with E-state index >= 15 is 0 Å². The highest BCUT2D eigenvalue weighted by Gasteiger charge is 1.76. The van der Waals surface area contributed by atoms with Crippen LogP contribution in [0.15, 0.2) is 24.5 Å². The molecule has 0 aromatic carbocycles. The van der Waals surface area contributed by atoms with Crippen molar-refractivity contribution in [2.75, 3.05) is 0 Å². The van der Waals surface area contributed by atoms with Gasteiger partial charge < -0.3 is 0 Å². The van der Waals surface area contributed by atoms with E-state index in [-0.39, 0.29) is 0 Å². The summed E-state index contributed by atoms with van der Waals surface area (Å²) in [5.41, 5.74) is 0. The molecule has 1 rings (SSSR count). The summed E-state index contributed by atoms with van der Waals surface area (Å²) < 4.78 is 0. The molecule has 11 heavy (non-hydrogen) atoms. The maximum Gasteiger partial charge on any atom is 0.0589 e. The number of rotatable bonds is 0. The molecule has 0 fully saturated rings. The zero-order valence-corrected chi connectivity index (χ0v) is 7.97. The van der Waals surface area contributed by atoms with Crippen molar-refractivity contribution >= 4 is 11.6 Å². The van der Waals surface area contributed by atoms with E-state index in [9.17, 15) is 0 Å². The lowest BCUT2D eigenvalue weighted by atomic mass is 10.3. The van der Waals surface area contributed by atoms with Crippen LogP contribution in [0.25, 0.3) is 0 Å². The van der Waals surface area contributed by atoms with E-state index in [1.54, 1.807) is 24.5 Å². The minimum Gasteiger partial charge on any atom is -0.263 e. The Bertz CT molecular complexity index is 169. The predicted molar refractivity (Wildman–Crippen MR) is 49.8 cm³/mol. The average Bonchev–Trinajstić information content (AvgIpc) is 1.87. The van der Waals surface area contributed by atoms with Gasteiger partial charge in [-0.1, -0.05) is 32.4 Å². The van der Waals surface area contributed by atoms with E-state index in [1.165, 1.54) is 0 Å². The van der Waals surface area contributed by atoms with Crippen molar-refractivity contribution in [1.82, 2.24) is 4.98 Å². The topological polar surface area (TPSA) is 12.9 Å². The quantitative estimate of drug-likeness (QED) is 0.583. The van der Waals surface area contributed by atoms with Crippen LogP contribution in [-0.4, -0.2) is 4.98 Å². The van der Waals surface area contributed by atoms with Gasteiger partial charge in [0, 0.05) is 12.4 Å². The second kappa shape index (κ2) is 6.17. The molecule has 0 aliphatic rings. The monoisotopic (exact) mass is 171 g/mol. The summed E-state index contributed by atoms with van der Waals surface area (Å²) in [5.74, 6) is 0.833. The average molecular weight is 172 g/mol.